The van der Waals surface area contributed by atoms with E-state index < -0.39 is 17.4 Å². The predicted molar refractivity (Wildman–Crippen MR) is 107 cm³/mol. The topological polar surface area (TPSA) is 91.0 Å². The monoisotopic (exact) mass is 409 g/mol. The summed E-state index contributed by atoms with van der Waals surface area (Å²) in [6.07, 6.45) is 0. The van der Waals surface area contributed by atoms with E-state index in [4.69, 9.17) is 15.2 Å². The van der Waals surface area contributed by atoms with Gasteiger partial charge in [-0.3, -0.25) is 9.67 Å². The number of H-pyrrole nitrogens is 1. The van der Waals surface area contributed by atoms with Crippen molar-refractivity contribution in [1.29, 1.82) is 0 Å². The molecule has 2 aromatic carbocycles. The lowest BCUT2D eigenvalue weighted by Gasteiger charge is -2.06. The number of ether oxygens (including phenoxy) is 2. The number of nitrogens with two attached hydrogens (primary N) is 1. The highest BCUT2D eigenvalue weighted by molar-refractivity contribution is 5.83. The molecule has 4 rings (SSSR count). The van der Waals surface area contributed by atoms with Gasteiger partial charge in [-0.1, -0.05) is 24.1 Å². The lowest BCUT2D eigenvalue weighted by molar-refractivity contribution is 0.326. The zero-order valence-corrected chi connectivity index (χ0v) is 15.9. The first-order valence-electron chi connectivity index (χ1n) is 8.95. The minimum absolute atomic E-state index is 0.216. The zero-order chi connectivity index (χ0) is 21.1. The van der Waals surface area contributed by atoms with Crippen molar-refractivity contribution < 1.29 is 18.3 Å². The van der Waals surface area contributed by atoms with Crippen LogP contribution in [0.3, 0.4) is 0 Å². The number of hydrogen-bond donors (Lipinski definition) is 2. The Morgan fingerprint density at radius 2 is 1.87 bits per heavy atom. The van der Waals surface area contributed by atoms with Crippen molar-refractivity contribution in [3.8, 4) is 23.3 Å². The number of anilines is 1. The fraction of sp³-hybridized carbons (Fsp3) is 0.143. The van der Waals surface area contributed by atoms with Crippen molar-refractivity contribution in [1.82, 2.24) is 19.7 Å². The summed E-state index contributed by atoms with van der Waals surface area (Å²) in [7, 11) is 1.60. The molecule has 0 bridgehead atoms. The van der Waals surface area contributed by atoms with Gasteiger partial charge in [0.1, 0.15) is 18.2 Å². The van der Waals surface area contributed by atoms with Gasteiger partial charge < -0.3 is 15.2 Å². The number of para-hydroxylation sites is 1. The van der Waals surface area contributed by atoms with Crippen LogP contribution in [-0.4, -0.2) is 33.5 Å². The third-order valence-electron chi connectivity index (χ3n) is 4.39. The number of nitrogen functional groups attached to an aromatic ring is 1. The van der Waals surface area contributed by atoms with E-state index >= 15 is 0 Å². The lowest BCUT2D eigenvalue weighted by Crippen LogP contribution is -2.04. The van der Waals surface area contributed by atoms with Crippen molar-refractivity contribution in [3.63, 3.8) is 0 Å². The largest absolute Gasteiger partial charge is 0.497 e. The molecule has 0 fully saturated rings. The summed E-state index contributed by atoms with van der Waals surface area (Å²) < 4.78 is 39.4. The highest BCUT2D eigenvalue weighted by atomic mass is 19.1. The Bertz CT molecular complexity index is 1230. The molecule has 0 atom stereocenters. The average molecular weight is 409 g/mol. The minimum Gasteiger partial charge on any atom is -0.497 e. The van der Waals surface area contributed by atoms with Gasteiger partial charge >= 0.3 is 0 Å². The molecule has 0 saturated carbocycles. The van der Waals surface area contributed by atoms with Crippen LogP contribution in [0.4, 0.5) is 14.6 Å². The molecule has 0 saturated heterocycles. The Morgan fingerprint density at radius 1 is 1.13 bits per heavy atom. The number of nitrogens with zero attached hydrogens (tertiary/aromatic N) is 3. The first-order chi connectivity index (χ1) is 14.6. The highest BCUT2D eigenvalue weighted by Gasteiger charge is 2.15. The molecule has 152 valence electrons. The summed E-state index contributed by atoms with van der Waals surface area (Å²) in [5, 5.41) is 6.89. The number of nitrogens with one attached hydrogen (secondary N) is 1. The number of fused-ring (bicyclic) bond motifs is 1. The molecule has 0 aliphatic carbocycles. The van der Waals surface area contributed by atoms with E-state index in [2.05, 4.69) is 27.0 Å². The van der Waals surface area contributed by atoms with Crippen molar-refractivity contribution in [3.05, 3.63) is 65.5 Å². The Hall–Kier alpha value is -4.06. The van der Waals surface area contributed by atoms with Crippen LogP contribution in [0.25, 0.3) is 11.2 Å². The van der Waals surface area contributed by atoms with Crippen molar-refractivity contribution >= 4 is 17.0 Å². The summed E-state index contributed by atoms with van der Waals surface area (Å²) in [4.78, 5) is 4.42. The van der Waals surface area contributed by atoms with Crippen molar-refractivity contribution in [2.24, 2.45) is 0 Å². The first kappa shape index (κ1) is 19.3. The molecule has 30 heavy (non-hydrogen) atoms. The Labute approximate surface area is 170 Å². The summed E-state index contributed by atoms with van der Waals surface area (Å²) in [5.74, 6) is 5.03. The van der Waals surface area contributed by atoms with Gasteiger partial charge in [-0.2, -0.15) is 5.10 Å². The molecule has 0 unspecified atom stereocenters. The van der Waals surface area contributed by atoms with E-state index in [0.29, 0.717) is 29.4 Å². The molecule has 4 aromatic rings. The molecule has 0 spiro atoms. The second kappa shape index (κ2) is 8.13. The van der Waals surface area contributed by atoms with Gasteiger partial charge in [0.25, 0.3) is 0 Å². The molecule has 2 aromatic heterocycles. The van der Waals surface area contributed by atoms with E-state index in [1.165, 1.54) is 6.07 Å². The molecule has 0 amide bonds. The quantitative estimate of drug-likeness (QED) is 0.495. The molecular weight excluding hydrogens is 392 g/mol. The third kappa shape index (κ3) is 3.75. The van der Waals surface area contributed by atoms with Crippen molar-refractivity contribution in [2.45, 2.75) is 6.54 Å². The number of imidazole rings is 1. The zero-order valence-electron chi connectivity index (χ0n) is 15.9. The maximum Gasteiger partial charge on any atom is 0.191 e. The number of methoxy groups -OCH3 is 1. The minimum atomic E-state index is -0.788. The highest BCUT2D eigenvalue weighted by Crippen LogP contribution is 2.22. The second-order valence-corrected chi connectivity index (χ2v) is 6.32. The van der Waals surface area contributed by atoms with E-state index in [0.717, 1.165) is 23.4 Å². The van der Waals surface area contributed by atoms with Crippen LogP contribution in [-0.2, 0) is 6.54 Å². The molecule has 0 aliphatic heterocycles. The normalized spacial score (nSPS) is 10.6. The van der Waals surface area contributed by atoms with Gasteiger partial charge in [-0.05, 0) is 35.7 Å². The number of rotatable bonds is 5. The van der Waals surface area contributed by atoms with Crippen LogP contribution in [0.1, 0.15) is 11.4 Å². The smallest absolute Gasteiger partial charge is 0.191 e. The van der Waals surface area contributed by atoms with E-state index in [9.17, 15) is 8.78 Å². The fourth-order valence-electron chi connectivity index (χ4n) is 2.91. The number of aromatic amines is 1. The maximum absolute atomic E-state index is 13.6. The van der Waals surface area contributed by atoms with Gasteiger partial charge in [-0.15, -0.1) is 0 Å². The van der Waals surface area contributed by atoms with Crippen LogP contribution in [0.5, 0.6) is 11.5 Å². The molecule has 9 heteroatoms. The maximum atomic E-state index is 13.6. The van der Waals surface area contributed by atoms with Gasteiger partial charge in [-0.25, -0.2) is 13.8 Å². The van der Waals surface area contributed by atoms with Gasteiger partial charge in [0.2, 0.25) is 0 Å². The van der Waals surface area contributed by atoms with E-state index in [1.807, 2.05) is 24.3 Å². The SMILES string of the molecule is COc1ccc(Cn2c(C#CCOc3c(F)cccc3F)nc3c(N)[nH]nc32)cc1. The van der Waals surface area contributed by atoms with Crippen molar-refractivity contribution in [2.75, 3.05) is 19.5 Å². The van der Waals surface area contributed by atoms with Gasteiger partial charge in [0.05, 0.1) is 13.7 Å². The van der Waals surface area contributed by atoms with Gasteiger partial charge in [0.15, 0.2) is 34.4 Å². The van der Waals surface area contributed by atoms with E-state index in [1.54, 1.807) is 11.7 Å². The summed E-state index contributed by atoms with van der Waals surface area (Å²) >= 11 is 0. The number of benzene rings is 2. The van der Waals surface area contributed by atoms with Crippen LogP contribution in [0.2, 0.25) is 0 Å². The van der Waals surface area contributed by atoms with Crippen LogP contribution < -0.4 is 15.2 Å². The fourth-order valence-corrected chi connectivity index (χ4v) is 2.91. The Balaban J connectivity index is 1.59. The molecule has 0 radical (unpaired) electrons. The summed E-state index contributed by atoms with van der Waals surface area (Å²) in [5.41, 5.74) is 7.91. The van der Waals surface area contributed by atoms with Crippen LogP contribution in [0, 0.1) is 23.5 Å². The predicted octanol–water partition coefficient (Wildman–Crippen LogP) is 3.11. The van der Waals surface area contributed by atoms with Crippen LogP contribution >= 0.6 is 0 Å². The molecule has 7 nitrogen and oxygen atoms in total. The lowest BCUT2D eigenvalue weighted by atomic mass is 10.2. The number of halogens is 2. The number of hydrogen-bond acceptors (Lipinski definition) is 5. The summed E-state index contributed by atoms with van der Waals surface area (Å²) in [6.45, 7) is 0.226. The second-order valence-electron chi connectivity index (χ2n) is 6.32. The van der Waals surface area contributed by atoms with Gasteiger partial charge in [0, 0.05) is 0 Å². The standard InChI is InChI=1S/C21H17F2N5O2/c1-29-14-9-7-13(8-10-14)12-28-17(25-18-20(24)26-27-21(18)28)6-3-11-30-19-15(22)4-2-5-16(19)23/h2,4-5,7-10H,11-12H2,1H3,(H3,24,26,27). The summed E-state index contributed by atoms with van der Waals surface area (Å²) in [6, 6.07) is 11.0. The molecule has 2 heterocycles. The van der Waals surface area contributed by atoms with Crippen LogP contribution in [0.15, 0.2) is 42.5 Å². The molecular formula is C21H17F2N5O2. The average Bonchev–Trinajstić information content (AvgIpc) is 3.27. The molecule has 0 aliphatic rings. The number of aromatic nitrogens is 4. The third-order valence-corrected chi connectivity index (χ3v) is 4.39. The first-order valence-corrected chi connectivity index (χ1v) is 8.95. The Morgan fingerprint density at radius 3 is 2.57 bits per heavy atom. The van der Waals surface area contributed by atoms with E-state index in [-0.39, 0.29) is 6.61 Å². The Kier molecular flexibility index (Phi) is 5.22. The molecule has 3 N–H and O–H groups in total.